The molecule has 2 aliphatic rings. The normalized spacial score (nSPS) is 35.2. The van der Waals surface area contributed by atoms with E-state index in [0.717, 1.165) is 0 Å². The van der Waals surface area contributed by atoms with Gasteiger partial charge in [-0.05, 0) is 12.8 Å². The third-order valence-corrected chi connectivity index (χ3v) is 11.6. The minimum atomic E-state index is -4.53. The fourth-order valence-electron chi connectivity index (χ4n) is 2.43. The summed E-state index contributed by atoms with van der Waals surface area (Å²) in [5, 5.41) is 0. The molecule has 0 aromatic heterocycles. The van der Waals surface area contributed by atoms with E-state index >= 15 is 0 Å². The van der Waals surface area contributed by atoms with Gasteiger partial charge in [0.1, 0.15) is 0 Å². The second-order valence-electron chi connectivity index (χ2n) is 5.65. The highest BCUT2D eigenvalue weighted by molar-refractivity contribution is 8.07. The molecule has 0 N–H and O–H groups in total. The largest absolute Gasteiger partial charge is 0.284 e. The van der Waals surface area contributed by atoms with Gasteiger partial charge in [0.05, 0.1) is 35.7 Å². The van der Waals surface area contributed by atoms with Crippen molar-refractivity contribution < 1.29 is 42.0 Å². The molecule has 14 heteroatoms. The van der Waals surface area contributed by atoms with Crippen molar-refractivity contribution in [1.82, 2.24) is 0 Å². The monoisotopic (exact) mass is 426 g/mol. The maximum atomic E-state index is 12.2. The zero-order valence-electron chi connectivity index (χ0n) is 12.5. The van der Waals surface area contributed by atoms with Gasteiger partial charge in [-0.1, -0.05) is 0 Å². The first-order chi connectivity index (χ1) is 10.8. The van der Waals surface area contributed by atoms with Crippen LogP contribution in [0.3, 0.4) is 0 Å². The van der Waals surface area contributed by atoms with E-state index in [2.05, 4.69) is 4.18 Å². The molecule has 2 aliphatic heterocycles. The Morgan fingerprint density at radius 2 is 1.50 bits per heavy atom. The van der Waals surface area contributed by atoms with Crippen molar-refractivity contribution in [3.63, 3.8) is 0 Å². The van der Waals surface area contributed by atoms with Crippen molar-refractivity contribution in [2.24, 2.45) is 0 Å². The van der Waals surface area contributed by atoms with Crippen molar-refractivity contribution in [2.75, 3.05) is 29.6 Å². The fraction of sp³-hybridized carbons (Fsp3) is 1.00. The number of rotatable bonds is 2. The van der Waals surface area contributed by atoms with Gasteiger partial charge in [0, 0.05) is 6.42 Å². The van der Waals surface area contributed by atoms with E-state index in [9.17, 15) is 33.7 Å². The molecule has 0 aromatic rings. The molecule has 0 amide bonds. The molecule has 2 saturated heterocycles. The Kier molecular flexibility index (Phi) is 5.67. The van der Waals surface area contributed by atoms with Gasteiger partial charge < -0.3 is 0 Å². The maximum absolute atomic E-state index is 12.2. The summed E-state index contributed by atoms with van der Waals surface area (Å²) < 4.78 is 103. The number of hydrogen-bond acceptors (Lipinski definition) is 10. The van der Waals surface area contributed by atoms with Crippen molar-refractivity contribution >= 4 is 39.9 Å². The molecule has 24 heavy (non-hydrogen) atoms. The third kappa shape index (κ3) is 5.11. The summed E-state index contributed by atoms with van der Waals surface area (Å²) in [6, 6.07) is 0. The van der Waals surface area contributed by atoms with Crippen LogP contribution in [0.4, 0.5) is 0 Å². The van der Waals surface area contributed by atoms with Gasteiger partial charge in [-0.15, -0.1) is 0 Å². The topological polar surface area (TPSA) is 155 Å². The summed E-state index contributed by atoms with van der Waals surface area (Å²) in [7, 11) is -16.7. The van der Waals surface area contributed by atoms with Crippen LogP contribution in [0.15, 0.2) is 0 Å². The summed E-state index contributed by atoms with van der Waals surface area (Å²) in [6.07, 6.45) is -1.98. The van der Waals surface area contributed by atoms with Crippen LogP contribution in [0, 0.1) is 0 Å². The molecule has 142 valence electrons. The van der Waals surface area contributed by atoms with Gasteiger partial charge in [0.2, 0.25) is 0 Å². The van der Waals surface area contributed by atoms with E-state index in [-0.39, 0.29) is 19.4 Å². The lowest BCUT2D eigenvalue weighted by molar-refractivity contribution is 0.222. The number of sulfone groups is 2. The second kappa shape index (κ2) is 6.79. The Bertz CT molecular complexity index is 809. The van der Waals surface area contributed by atoms with Crippen molar-refractivity contribution in [2.45, 2.75) is 29.9 Å². The molecule has 2 atom stereocenters. The van der Waals surface area contributed by atoms with E-state index in [0.29, 0.717) is 0 Å². The third-order valence-electron chi connectivity index (χ3n) is 3.62. The Morgan fingerprint density at radius 3 is 2.17 bits per heavy atom. The highest BCUT2D eigenvalue weighted by Gasteiger charge is 2.44. The van der Waals surface area contributed by atoms with Gasteiger partial charge >= 0.3 is 0 Å². The lowest BCUT2D eigenvalue weighted by Crippen LogP contribution is -2.40. The zero-order valence-corrected chi connectivity index (χ0v) is 15.8. The predicted octanol–water partition coefficient (Wildman–Crippen LogP) is -1.60. The molecule has 0 aliphatic carbocycles. The minimum absolute atomic E-state index is 0.184. The Labute approximate surface area is 141 Å². The quantitative estimate of drug-likeness (QED) is 0.471. The lowest BCUT2D eigenvalue weighted by atomic mass is 10.3. The highest BCUT2D eigenvalue weighted by Crippen LogP contribution is 2.26. The van der Waals surface area contributed by atoms with Crippen LogP contribution < -0.4 is 0 Å². The smallest absolute Gasteiger partial charge is 0.269 e. The maximum Gasteiger partial charge on any atom is 0.284 e. The van der Waals surface area contributed by atoms with Crippen LogP contribution in [-0.4, -0.2) is 74.0 Å². The summed E-state index contributed by atoms with van der Waals surface area (Å²) in [5.74, 6) is -2.60. The van der Waals surface area contributed by atoms with Gasteiger partial charge in [0.25, 0.3) is 20.2 Å². The van der Waals surface area contributed by atoms with Crippen molar-refractivity contribution in [3.05, 3.63) is 0 Å². The van der Waals surface area contributed by atoms with Gasteiger partial charge in [0.15, 0.2) is 24.3 Å². The SMILES string of the molecule is O=S1(=O)CCS(=O)(=O)OC(CC2S(=O)(=O)CCCCOS2(=O)=O)C1. The summed E-state index contributed by atoms with van der Waals surface area (Å²) >= 11 is 0. The number of hydrogen-bond donors (Lipinski definition) is 0. The van der Waals surface area contributed by atoms with Crippen LogP contribution >= 0.6 is 0 Å². The molecule has 0 spiro atoms. The molecule has 0 bridgehead atoms. The average molecular weight is 427 g/mol. The minimum Gasteiger partial charge on any atom is -0.269 e. The predicted molar refractivity (Wildman–Crippen MR) is 83.6 cm³/mol. The average Bonchev–Trinajstić information content (AvgIpc) is 2.50. The van der Waals surface area contributed by atoms with E-state index < -0.39 is 80.0 Å². The van der Waals surface area contributed by atoms with Crippen molar-refractivity contribution in [3.8, 4) is 0 Å². The first-order valence-electron chi connectivity index (χ1n) is 7.04. The molecule has 0 radical (unpaired) electrons. The van der Waals surface area contributed by atoms with Gasteiger partial charge in [-0.3, -0.25) is 8.37 Å². The van der Waals surface area contributed by atoms with Crippen LogP contribution in [0.25, 0.3) is 0 Å². The highest BCUT2D eigenvalue weighted by atomic mass is 32.3. The van der Waals surface area contributed by atoms with E-state index in [1.165, 1.54) is 0 Å². The van der Waals surface area contributed by atoms with Crippen LogP contribution in [0.5, 0.6) is 0 Å². The molecule has 0 aromatic carbocycles. The van der Waals surface area contributed by atoms with Gasteiger partial charge in [-0.25, -0.2) is 16.8 Å². The Morgan fingerprint density at radius 1 is 0.833 bits per heavy atom. The molecule has 10 nitrogen and oxygen atoms in total. The second-order valence-corrected chi connectivity index (χ2v) is 14.0. The lowest BCUT2D eigenvalue weighted by Gasteiger charge is -2.23. The summed E-state index contributed by atoms with van der Waals surface area (Å²) in [6.45, 7) is -0.184. The molecule has 0 saturated carbocycles. The first kappa shape index (κ1) is 20.0. The van der Waals surface area contributed by atoms with E-state index in [1.807, 2.05) is 0 Å². The molecule has 2 heterocycles. The van der Waals surface area contributed by atoms with Crippen LogP contribution in [-0.2, 0) is 48.3 Å². The van der Waals surface area contributed by atoms with Crippen LogP contribution in [0.1, 0.15) is 19.3 Å². The summed E-state index contributed by atoms with van der Waals surface area (Å²) in [5.41, 5.74) is 0. The molecule has 2 fully saturated rings. The van der Waals surface area contributed by atoms with Gasteiger partial charge in [-0.2, -0.15) is 16.8 Å². The van der Waals surface area contributed by atoms with E-state index in [1.54, 1.807) is 0 Å². The molecule has 2 unspecified atom stereocenters. The standard InChI is InChI=1S/C10H18O10S4/c11-21(12)5-6-23(15,16)20-9(8-21)7-10-22(13,14)4-2-1-3-19-24(10,17)18/h9-10H,1-8H2. The molecule has 2 rings (SSSR count). The first-order valence-corrected chi connectivity index (χ1v) is 13.6. The van der Waals surface area contributed by atoms with Crippen LogP contribution in [0.2, 0.25) is 0 Å². The Balaban J connectivity index is 2.37. The fourth-order valence-corrected chi connectivity index (χ4v) is 10.2. The summed E-state index contributed by atoms with van der Waals surface area (Å²) in [4.78, 5) is 0. The Hall–Kier alpha value is -0.280. The van der Waals surface area contributed by atoms with Crippen molar-refractivity contribution in [1.29, 1.82) is 0 Å². The molecular formula is C10H18O10S4. The molecular weight excluding hydrogens is 408 g/mol. The van der Waals surface area contributed by atoms with E-state index in [4.69, 9.17) is 4.18 Å². The zero-order chi connectivity index (χ0) is 18.2.